The lowest BCUT2D eigenvalue weighted by molar-refractivity contribution is -0.132. The second-order valence-electron chi connectivity index (χ2n) is 4.67. The van der Waals surface area contributed by atoms with Gasteiger partial charge in [0, 0.05) is 25.8 Å². The highest BCUT2D eigenvalue weighted by molar-refractivity contribution is 5.86. The number of aryl methyl sites for hydroxylation is 1. The molecule has 1 amide bonds. The Balaban J connectivity index is 2.27. The zero-order valence-electron chi connectivity index (χ0n) is 10.8. The molecule has 0 N–H and O–H groups in total. The third-order valence-corrected chi connectivity index (χ3v) is 3.36. The monoisotopic (exact) mass is 243 g/mol. The summed E-state index contributed by atoms with van der Waals surface area (Å²) in [6.07, 6.45) is 0.233. The van der Waals surface area contributed by atoms with E-state index < -0.39 is 0 Å². The minimum absolute atomic E-state index is 0.0309. The molecule has 4 heteroatoms. The van der Waals surface area contributed by atoms with E-state index in [-0.39, 0.29) is 18.4 Å². The van der Waals surface area contributed by atoms with Crippen molar-refractivity contribution in [1.82, 2.24) is 4.90 Å². The first-order chi connectivity index (χ1) is 8.63. The second kappa shape index (κ2) is 5.09. The van der Waals surface area contributed by atoms with Gasteiger partial charge in [-0.15, -0.1) is 0 Å². The van der Waals surface area contributed by atoms with Gasteiger partial charge in [-0.05, 0) is 19.1 Å². The Bertz CT molecular complexity index is 475. The Morgan fingerprint density at radius 3 is 2.61 bits per heavy atom. The van der Waals surface area contributed by atoms with Gasteiger partial charge in [0.2, 0.25) is 5.91 Å². The predicted molar refractivity (Wildman–Crippen MR) is 70.2 cm³/mol. The van der Waals surface area contributed by atoms with Gasteiger partial charge in [-0.3, -0.25) is 4.79 Å². The first-order valence-corrected chi connectivity index (χ1v) is 6.08. The lowest BCUT2D eigenvalue weighted by Crippen LogP contribution is -2.55. The molecule has 1 aromatic rings. The van der Waals surface area contributed by atoms with Crippen LogP contribution >= 0.6 is 0 Å². The zero-order chi connectivity index (χ0) is 13.1. The molecule has 0 bridgehead atoms. The number of likely N-dealkylation sites (N-methyl/N-ethyl adjacent to an activating group) is 1. The first kappa shape index (κ1) is 12.4. The van der Waals surface area contributed by atoms with Gasteiger partial charge in [0.05, 0.1) is 12.5 Å². The molecule has 94 valence electrons. The van der Waals surface area contributed by atoms with Crippen LogP contribution in [0, 0.1) is 18.3 Å². The van der Waals surface area contributed by atoms with E-state index in [9.17, 15) is 4.79 Å². The standard InChI is InChI=1S/C14H17N3O/c1-11-3-5-12(6-4-11)17-10-9-16(2)14(18)13(17)7-8-15/h3-6,13H,7,9-10H2,1-2H3. The minimum atomic E-state index is -0.351. The molecule has 4 nitrogen and oxygen atoms in total. The van der Waals surface area contributed by atoms with Gasteiger partial charge in [0.25, 0.3) is 0 Å². The van der Waals surface area contributed by atoms with Crippen LogP contribution in [0.15, 0.2) is 24.3 Å². The van der Waals surface area contributed by atoms with Gasteiger partial charge in [-0.25, -0.2) is 0 Å². The van der Waals surface area contributed by atoms with Crippen LogP contribution in [0.1, 0.15) is 12.0 Å². The number of hydrogen-bond acceptors (Lipinski definition) is 3. The number of piperazine rings is 1. The summed E-state index contributed by atoms with van der Waals surface area (Å²) in [5.41, 5.74) is 2.21. The Morgan fingerprint density at radius 1 is 1.33 bits per heavy atom. The molecule has 2 rings (SSSR count). The maximum atomic E-state index is 12.1. The maximum absolute atomic E-state index is 12.1. The SMILES string of the molecule is Cc1ccc(N2CCN(C)C(=O)C2CC#N)cc1. The molecule has 1 heterocycles. The highest BCUT2D eigenvalue weighted by Crippen LogP contribution is 2.22. The van der Waals surface area contributed by atoms with Crippen molar-refractivity contribution in [2.24, 2.45) is 0 Å². The number of anilines is 1. The molecule has 18 heavy (non-hydrogen) atoms. The predicted octanol–water partition coefficient (Wildman–Crippen LogP) is 1.56. The number of hydrogen-bond donors (Lipinski definition) is 0. The number of amides is 1. The lowest BCUT2D eigenvalue weighted by atomic mass is 10.1. The number of carbonyl (C=O) groups is 1. The molecule has 1 aromatic carbocycles. The fourth-order valence-corrected chi connectivity index (χ4v) is 2.24. The molecule has 0 saturated carbocycles. The second-order valence-corrected chi connectivity index (χ2v) is 4.67. The topological polar surface area (TPSA) is 47.3 Å². The van der Waals surface area contributed by atoms with E-state index in [0.717, 1.165) is 12.2 Å². The molecule has 0 radical (unpaired) electrons. The Morgan fingerprint density at radius 2 is 2.00 bits per heavy atom. The van der Waals surface area contributed by atoms with E-state index in [0.29, 0.717) is 6.54 Å². The van der Waals surface area contributed by atoms with E-state index >= 15 is 0 Å². The van der Waals surface area contributed by atoms with Gasteiger partial charge in [0.15, 0.2) is 0 Å². The van der Waals surface area contributed by atoms with Crippen molar-refractivity contribution >= 4 is 11.6 Å². The van der Waals surface area contributed by atoms with Gasteiger partial charge in [-0.2, -0.15) is 5.26 Å². The van der Waals surface area contributed by atoms with Crippen LogP contribution < -0.4 is 4.90 Å². The van der Waals surface area contributed by atoms with Crippen molar-refractivity contribution in [2.75, 3.05) is 25.0 Å². The normalized spacial score (nSPS) is 19.8. The quantitative estimate of drug-likeness (QED) is 0.792. The van der Waals surface area contributed by atoms with Gasteiger partial charge < -0.3 is 9.80 Å². The summed E-state index contributed by atoms with van der Waals surface area (Å²) in [5.74, 6) is 0.0309. The molecule has 1 aliphatic rings. The van der Waals surface area contributed by atoms with Gasteiger partial charge in [0.1, 0.15) is 6.04 Å². The van der Waals surface area contributed by atoms with Crippen molar-refractivity contribution in [3.8, 4) is 6.07 Å². The van der Waals surface area contributed by atoms with Gasteiger partial charge in [-0.1, -0.05) is 17.7 Å². The van der Waals surface area contributed by atoms with Crippen LogP contribution in [-0.4, -0.2) is 37.0 Å². The average molecular weight is 243 g/mol. The van der Waals surface area contributed by atoms with Crippen LogP contribution in [0.25, 0.3) is 0 Å². The number of benzene rings is 1. The fraction of sp³-hybridized carbons (Fsp3) is 0.429. The summed E-state index contributed by atoms with van der Waals surface area (Å²) in [5, 5.41) is 8.88. The molecule has 1 saturated heterocycles. The van der Waals surface area contributed by atoms with Crippen molar-refractivity contribution in [3.05, 3.63) is 29.8 Å². The Hall–Kier alpha value is -2.02. The average Bonchev–Trinajstić information content (AvgIpc) is 2.37. The summed E-state index contributed by atoms with van der Waals surface area (Å²) in [6, 6.07) is 9.84. The summed E-state index contributed by atoms with van der Waals surface area (Å²) >= 11 is 0. The number of nitrogens with zero attached hydrogens (tertiary/aromatic N) is 3. The van der Waals surface area contributed by atoms with Crippen LogP contribution in [0.4, 0.5) is 5.69 Å². The van der Waals surface area contributed by atoms with Gasteiger partial charge >= 0.3 is 0 Å². The minimum Gasteiger partial charge on any atom is -0.357 e. The molecule has 0 aromatic heterocycles. The molecule has 1 aliphatic heterocycles. The molecule has 1 fully saturated rings. The third-order valence-electron chi connectivity index (χ3n) is 3.36. The zero-order valence-corrected chi connectivity index (χ0v) is 10.8. The lowest BCUT2D eigenvalue weighted by Gasteiger charge is -2.39. The fourth-order valence-electron chi connectivity index (χ4n) is 2.24. The summed E-state index contributed by atoms with van der Waals surface area (Å²) in [4.78, 5) is 15.8. The number of carbonyl (C=O) groups excluding carboxylic acids is 1. The van der Waals surface area contributed by atoms with Crippen LogP contribution in [0.5, 0.6) is 0 Å². The largest absolute Gasteiger partial charge is 0.357 e. The number of rotatable bonds is 2. The summed E-state index contributed by atoms with van der Waals surface area (Å²) in [7, 11) is 1.79. The third kappa shape index (κ3) is 2.30. The van der Waals surface area contributed by atoms with Crippen molar-refractivity contribution in [1.29, 1.82) is 5.26 Å². The molecule has 1 unspecified atom stereocenters. The van der Waals surface area contributed by atoms with Crippen molar-refractivity contribution in [3.63, 3.8) is 0 Å². The Kier molecular flexibility index (Phi) is 3.52. The van der Waals surface area contributed by atoms with Crippen molar-refractivity contribution < 1.29 is 4.79 Å². The van der Waals surface area contributed by atoms with Crippen LogP contribution in [-0.2, 0) is 4.79 Å². The summed E-state index contributed by atoms with van der Waals surface area (Å²) in [6.45, 7) is 3.51. The highest BCUT2D eigenvalue weighted by atomic mass is 16.2. The van der Waals surface area contributed by atoms with Crippen molar-refractivity contribution in [2.45, 2.75) is 19.4 Å². The van der Waals surface area contributed by atoms with Crippen LogP contribution in [0.2, 0.25) is 0 Å². The molecule has 1 atom stereocenters. The van der Waals surface area contributed by atoms with E-state index in [1.807, 2.05) is 36.1 Å². The van der Waals surface area contributed by atoms with Crippen LogP contribution in [0.3, 0.4) is 0 Å². The van der Waals surface area contributed by atoms with E-state index in [1.165, 1.54) is 5.56 Å². The van der Waals surface area contributed by atoms with E-state index in [1.54, 1.807) is 11.9 Å². The smallest absolute Gasteiger partial charge is 0.246 e. The van der Waals surface area contributed by atoms with E-state index in [4.69, 9.17) is 5.26 Å². The highest BCUT2D eigenvalue weighted by Gasteiger charge is 2.32. The molecule has 0 aliphatic carbocycles. The molecule has 0 spiro atoms. The molecular weight excluding hydrogens is 226 g/mol. The maximum Gasteiger partial charge on any atom is 0.246 e. The van der Waals surface area contributed by atoms with E-state index in [2.05, 4.69) is 6.07 Å². The number of nitriles is 1. The molecular formula is C14H17N3O. The summed E-state index contributed by atoms with van der Waals surface area (Å²) < 4.78 is 0. The Labute approximate surface area is 107 Å². The first-order valence-electron chi connectivity index (χ1n) is 6.08.